The lowest BCUT2D eigenvalue weighted by molar-refractivity contribution is -0.136. The molecule has 0 radical (unpaired) electrons. The molecular weight excluding hydrogens is 741 g/mol. The van der Waals surface area contributed by atoms with Gasteiger partial charge in [-0.3, -0.25) is 14.4 Å². The van der Waals surface area contributed by atoms with Gasteiger partial charge >= 0.3 is 12.2 Å². The van der Waals surface area contributed by atoms with E-state index in [4.69, 9.17) is 9.47 Å². The van der Waals surface area contributed by atoms with Crippen LogP contribution in [0.4, 0.5) is 21.1 Å². The van der Waals surface area contributed by atoms with E-state index < -0.39 is 24.3 Å². The highest BCUT2D eigenvalue weighted by Gasteiger charge is 2.39. The Hall–Kier alpha value is -5.78. The third kappa shape index (κ3) is 8.54. The van der Waals surface area contributed by atoms with Crippen molar-refractivity contribution in [3.8, 4) is 11.3 Å². The molecule has 4 amide bonds. The van der Waals surface area contributed by atoms with Crippen molar-refractivity contribution >= 4 is 52.6 Å². The number of alkyl carbamates (subject to hydrolysis) is 2. The Morgan fingerprint density at radius 1 is 0.768 bits per heavy atom. The molecule has 5 heterocycles. The second kappa shape index (κ2) is 17.3. The van der Waals surface area contributed by atoms with Crippen molar-refractivity contribution in [2.45, 2.75) is 77.5 Å². The number of carbonyl (C=O) groups is 5. The summed E-state index contributed by atoms with van der Waals surface area (Å²) >= 11 is 1.20. The zero-order valence-electron chi connectivity index (χ0n) is 32.3. The Morgan fingerprint density at radius 3 is 1.84 bits per heavy atom. The summed E-state index contributed by atoms with van der Waals surface area (Å²) < 4.78 is 9.47. The number of methoxy groups -OCH3 is 2. The van der Waals surface area contributed by atoms with Crippen LogP contribution in [0.5, 0.6) is 0 Å². The Balaban J connectivity index is 1.10. The number of hydrogen-bond acceptors (Lipinski definition) is 12. The second-order valence-corrected chi connectivity index (χ2v) is 15.4. The maximum atomic E-state index is 13.7. The van der Waals surface area contributed by atoms with Gasteiger partial charge in [-0.2, -0.15) is 0 Å². The Bertz CT molecular complexity index is 2040. The van der Waals surface area contributed by atoms with Crippen LogP contribution in [0.15, 0.2) is 42.2 Å². The van der Waals surface area contributed by atoms with E-state index in [1.54, 1.807) is 21.5 Å². The number of carbonyl (C=O) groups excluding carboxylic acids is 5. The Morgan fingerprint density at radius 2 is 1.30 bits per heavy atom. The number of ether oxygens (including phenoxy) is 2. The number of likely N-dealkylation sites (tertiary alicyclic amines) is 2. The van der Waals surface area contributed by atoms with Crippen LogP contribution in [-0.2, 0) is 19.1 Å². The zero-order chi connectivity index (χ0) is 40.1. The van der Waals surface area contributed by atoms with Gasteiger partial charge in [0.2, 0.25) is 17.6 Å². The number of imidazole rings is 2. The smallest absolute Gasteiger partial charge is 0.407 e. The minimum absolute atomic E-state index is 0.131. The summed E-state index contributed by atoms with van der Waals surface area (Å²) in [6.07, 6.45) is 4.86. The molecule has 2 fully saturated rings. The summed E-state index contributed by atoms with van der Waals surface area (Å²) in [5, 5.41) is 8.57. The monoisotopic (exact) mass is 788 g/mol. The van der Waals surface area contributed by atoms with Crippen molar-refractivity contribution in [1.29, 1.82) is 0 Å². The lowest BCUT2D eigenvalue weighted by Gasteiger charge is -2.30. The molecule has 0 bridgehead atoms. The molecule has 4 aromatic rings. The molecule has 4 unspecified atom stereocenters. The number of aromatic amines is 2. The van der Waals surface area contributed by atoms with E-state index in [0.717, 1.165) is 30.5 Å². The van der Waals surface area contributed by atoms with E-state index >= 15 is 0 Å². The molecule has 2 aliphatic heterocycles. The molecule has 56 heavy (non-hydrogen) atoms. The van der Waals surface area contributed by atoms with Crippen LogP contribution >= 0.6 is 11.3 Å². The van der Waals surface area contributed by atoms with Gasteiger partial charge in [0.25, 0.3) is 0 Å². The van der Waals surface area contributed by atoms with Crippen molar-refractivity contribution in [3.63, 3.8) is 0 Å². The molecule has 0 saturated carbocycles. The standard InChI is InChI=1S/C38H48N10O7S/c1-20(2)28(45-37(52)54-5)35(50)47-15-7-9-26(47)32-39-17-24(43-32)22-11-13-23(14-12-22)42-34-31(56-19-41-34)30(49)25-18-40-33(44-25)27-10-8-16-48(27)36(51)29(21(3)4)46-38(53)55-6/h11-14,17-21,26-29,42H,7-10,15-16H2,1-6H3,(H,39,43)(H,40,44)(H,45,52)(H,46,53). The van der Waals surface area contributed by atoms with Crippen LogP contribution in [0.3, 0.4) is 0 Å². The van der Waals surface area contributed by atoms with Crippen LogP contribution in [0.2, 0.25) is 0 Å². The lowest BCUT2D eigenvalue weighted by Crippen LogP contribution is -2.51. The molecule has 5 N–H and O–H groups in total. The molecular formula is C38H48N10O7S. The SMILES string of the molecule is COC(=O)NC(C(=O)N1CCCC1c1ncc(C(=O)c2scnc2Nc2ccc(-c3cnc(C4CCCN4C(=O)C(NC(=O)OC)C(C)C)[nH]3)cc2)[nH]1)C(C)C. The fraction of sp³-hybridized carbons (Fsp3) is 0.474. The van der Waals surface area contributed by atoms with Crippen molar-refractivity contribution in [1.82, 2.24) is 45.4 Å². The number of aromatic nitrogens is 5. The number of nitrogens with zero attached hydrogens (tertiary/aromatic N) is 5. The lowest BCUT2D eigenvalue weighted by atomic mass is 10.0. The summed E-state index contributed by atoms with van der Waals surface area (Å²) in [5.74, 6) is 0.565. The average molecular weight is 789 g/mol. The molecule has 1 aromatic carbocycles. The molecule has 2 saturated heterocycles. The van der Waals surface area contributed by atoms with E-state index in [2.05, 4.69) is 40.9 Å². The maximum Gasteiger partial charge on any atom is 0.407 e. The number of rotatable bonds is 13. The molecule has 6 rings (SSSR count). The van der Waals surface area contributed by atoms with Crippen LogP contribution in [0.25, 0.3) is 11.3 Å². The fourth-order valence-electron chi connectivity index (χ4n) is 7.15. The van der Waals surface area contributed by atoms with Crippen LogP contribution in [-0.4, -0.2) is 104 Å². The van der Waals surface area contributed by atoms with Gasteiger partial charge in [0.15, 0.2) is 5.82 Å². The molecule has 18 heteroatoms. The van der Waals surface area contributed by atoms with Crippen molar-refractivity contribution in [3.05, 3.63) is 64.4 Å². The van der Waals surface area contributed by atoms with Gasteiger partial charge in [0.1, 0.15) is 34.3 Å². The van der Waals surface area contributed by atoms with Crippen molar-refractivity contribution in [2.24, 2.45) is 11.8 Å². The van der Waals surface area contributed by atoms with E-state index in [1.807, 2.05) is 52.0 Å². The largest absolute Gasteiger partial charge is 0.453 e. The van der Waals surface area contributed by atoms with E-state index in [0.29, 0.717) is 47.5 Å². The third-order valence-corrected chi connectivity index (χ3v) is 11.0. The highest BCUT2D eigenvalue weighted by molar-refractivity contribution is 7.12. The van der Waals surface area contributed by atoms with E-state index in [1.165, 1.54) is 31.8 Å². The summed E-state index contributed by atoms with van der Waals surface area (Å²) in [6, 6.07) is 5.47. The van der Waals surface area contributed by atoms with Gasteiger partial charge in [0, 0.05) is 18.8 Å². The molecule has 2 aliphatic rings. The summed E-state index contributed by atoms with van der Waals surface area (Å²) in [7, 11) is 2.53. The molecule has 298 valence electrons. The van der Waals surface area contributed by atoms with Gasteiger partial charge in [-0.1, -0.05) is 39.8 Å². The average Bonchev–Trinajstić information content (AvgIpc) is 4.04. The topological polar surface area (TPSA) is 217 Å². The van der Waals surface area contributed by atoms with Gasteiger partial charge in [-0.05, 0) is 55.2 Å². The van der Waals surface area contributed by atoms with E-state index in [-0.39, 0.29) is 47.2 Å². The minimum Gasteiger partial charge on any atom is -0.453 e. The second-order valence-electron chi connectivity index (χ2n) is 14.5. The van der Waals surface area contributed by atoms with Crippen molar-refractivity contribution in [2.75, 3.05) is 32.6 Å². The summed E-state index contributed by atoms with van der Waals surface area (Å²) in [4.78, 5) is 88.6. The quantitative estimate of drug-likeness (QED) is 0.109. The molecule has 0 aliphatic carbocycles. The third-order valence-electron chi connectivity index (χ3n) is 10.2. The van der Waals surface area contributed by atoms with Crippen molar-refractivity contribution < 1.29 is 33.4 Å². The van der Waals surface area contributed by atoms with Gasteiger partial charge in [-0.25, -0.2) is 24.5 Å². The highest BCUT2D eigenvalue weighted by atomic mass is 32.1. The number of amides is 4. The fourth-order valence-corrected chi connectivity index (χ4v) is 7.84. The highest BCUT2D eigenvalue weighted by Crippen LogP contribution is 2.35. The summed E-state index contributed by atoms with van der Waals surface area (Å²) in [6.45, 7) is 8.52. The molecule has 4 atom stereocenters. The first-order chi connectivity index (χ1) is 26.9. The normalized spacial score (nSPS) is 17.9. The predicted octanol–water partition coefficient (Wildman–Crippen LogP) is 5.32. The number of ketones is 1. The first kappa shape index (κ1) is 39.9. The van der Waals surface area contributed by atoms with Gasteiger partial charge < -0.3 is 45.2 Å². The molecule has 0 spiro atoms. The number of benzene rings is 1. The van der Waals surface area contributed by atoms with Gasteiger partial charge in [0.05, 0.1) is 49.9 Å². The Kier molecular flexibility index (Phi) is 12.4. The zero-order valence-corrected chi connectivity index (χ0v) is 33.1. The Labute approximate surface area is 328 Å². The first-order valence-corrected chi connectivity index (χ1v) is 19.5. The van der Waals surface area contributed by atoms with Crippen LogP contribution < -0.4 is 16.0 Å². The molecule has 17 nitrogen and oxygen atoms in total. The van der Waals surface area contributed by atoms with E-state index in [9.17, 15) is 24.0 Å². The number of H-pyrrole nitrogens is 2. The van der Waals surface area contributed by atoms with Crippen LogP contribution in [0.1, 0.15) is 92.5 Å². The summed E-state index contributed by atoms with van der Waals surface area (Å²) in [5.41, 5.74) is 4.23. The predicted molar refractivity (Wildman–Crippen MR) is 207 cm³/mol. The minimum atomic E-state index is -0.766. The van der Waals surface area contributed by atoms with Crippen LogP contribution in [0, 0.1) is 11.8 Å². The number of anilines is 2. The van der Waals surface area contributed by atoms with Gasteiger partial charge in [-0.15, -0.1) is 11.3 Å². The number of hydrogen-bond donors (Lipinski definition) is 5. The molecule has 3 aromatic heterocycles. The first-order valence-electron chi connectivity index (χ1n) is 18.7. The number of nitrogens with one attached hydrogen (secondary N) is 5. The number of thiazole rings is 1. The maximum absolute atomic E-state index is 13.7.